The van der Waals surface area contributed by atoms with Gasteiger partial charge in [0.05, 0.1) is 48.3 Å². The number of pyridine rings is 1. The average Bonchev–Trinajstić information content (AvgIpc) is 3.21. The Balaban J connectivity index is 1.68. The minimum absolute atomic E-state index is 0.134. The van der Waals surface area contributed by atoms with E-state index < -0.39 is 0 Å². The van der Waals surface area contributed by atoms with E-state index in [0.717, 1.165) is 10.4 Å². The van der Waals surface area contributed by atoms with Crippen molar-refractivity contribution in [3.63, 3.8) is 0 Å². The van der Waals surface area contributed by atoms with Crippen molar-refractivity contribution in [3.8, 4) is 11.3 Å². The lowest BCUT2D eigenvalue weighted by Gasteiger charge is -2.23. The normalized spacial score (nSPS) is 17.4. The highest BCUT2D eigenvalue weighted by molar-refractivity contribution is 7.12. The van der Waals surface area contributed by atoms with Crippen LogP contribution < -0.4 is 5.32 Å². The minimum atomic E-state index is -0.200. The van der Waals surface area contributed by atoms with Crippen molar-refractivity contribution in [2.24, 2.45) is 0 Å². The summed E-state index contributed by atoms with van der Waals surface area (Å²) in [6, 6.07) is 3.89. The van der Waals surface area contributed by atoms with Crippen molar-refractivity contribution in [3.05, 3.63) is 33.1 Å². The quantitative estimate of drug-likeness (QED) is 0.741. The molecule has 1 saturated heterocycles. The van der Waals surface area contributed by atoms with Gasteiger partial charge in [0.2, 0.25) is 0 Å². The molecule has 7 nitrogen and oxygen atoms in total. The van der Waals surface area contributed by atoms with Crippen molar-refractivity contribution in [1.82, 2.24) is 15.5 Å². The van der Waals surface area contributed by atoms with E-state index in [1.165, 1.54) is 4.88 Å². The molecule has 3 aromatic rings. The Hall–Kier alpha value is -2.29. The fourth-order valence-corrected chi connectivity index (χ4v) is 4.19. The second kappa shape index (κ2) is 7.38. The highest BCUT2D eigenvalue weighted by atomic mass is 32.1. The number of aryl methyl sites for hydroxylation is 3. The van der Waals surface area contributed by atoms with Gasteiger partial charge in [-0.1, -0.05) is 5.16 Å². The third-order valence-corrected chi connectivity index (χ3v) is 5.52. The molecular formula is C19H21N3O4S. The Labute approximate surface area is 160 Å². The summed E-state index contributed by atoms with van der Waals surface area (Å²) in [6.07, 6.45) is -0.134. The van der Waals surface area contributed by atoms with Gasteiger partial charge in [0, 0.05) is 21.9 Å². The van der Waals surface area contributed by atoms with E-state index in [1.54, 1.807) is 11.3 Å². The zero-order valence-corrected chi connectivity index (χ0v) is 16.3. The Morgan fingerprint density at radius 3 is 2.85 bits per heavy atom. The molecule has 0 aromatic carbocycles. The first-order valence-electron chi connectivity index (χ1n) is 8.85. The van der Waals surface area contributed by atoms with E-state index in [2.05, 4.69) is 28.4 Å². The molecule has 1 atom stereocenters. The summed E-state index contributed by atoms with van der Waals surface area (Å²) in [4.78, 5) is 19.9. The number of rotatable bonds is 4. The molecule has 0 spiro atoms. The van der Waals surface area contributed by atoms with Crippen LogP contribution in [0.5, 0.6) is 0 Å². The number of carbonyl (C=O) groups is 1. The molecule has 1 unspecified atom stereocenters. The Morgan fingerprint density at radius 1 is 1.30 bits per heavy atom. The summed E-state index contributed by atoms with van der Waals surface area (Å²) >= 11 is 1.70. The van der Waals surface area contributed by atoms with Gasteiger partial charge in [-0.3, -0.25) is 4.79 Å². The van der Waals surface area contributed by atoms with Crippen molar-refractivity contribution in [1.29, 1.82) is 0 Å². The molecule has 0 bridgehead atoms. The number of nitrogens with one attached hydrogen (secondary N) is 1. The number of fused-ring (bicyclic) bond motifs is 1. The van der Waals surface area contributed by atoms with Crippen LogP contribution in [0.2, 0.25) is 0 Å². The number of carbonyl (C=O) groups excluding carboxylic acids is 1. The lowest BCUT2D eigenvalue weighted by Crippen LogP contribution is -2.39. The van der Waals surface area contributed by atoms with E-state index in [0.29, 0.717) is 54.4 Å². The number of hydrogen-bond donors (Lipinski definition) is 1. The molecule has 0 aliphatic carbocycles. The van der Waals surface area contributed by atoms with Crippen LogP contribution in [0.1, 0.15) is 25.8 Å². The van der Waals surface area contributed by atoms with E-state index in [9.17, 15) is 4.79 Å². The number of amides is 1. The first-order valence-corrected chi connectivity index (χ1v) is 9.66. The van der Waals surface area contributed by atoms with Gasteiger partial charge in [0.25, 0.3) is 11.6 Å². The van der Waals surface area contributed by atoms with Gasteiger partial charge >= 0.3 is 0 Å². The molecular weight excluding hydrogens is 366 g/mol. The maximum absolute atomic E-state index is 12.9. The monoisotopic (exact) mass is 387 g/mol. The highest BCUT2D eigenvalue weighted by Gasteiger charge is 2.22. The van der Waals surface area contributed by atoms with Gasteiger partial charge in [-0.05, 0) is 32.9 Å². The van der Waals surface area contributed by atoms with Crippen LogP contribution in [0.3, 0.4) is 0 Å². The van der Waals surface area contributed by atoms with Crippen molar-refractivity contribution in [2.45, 2.75) is 26.9 Å². The Morgan fingerprint density at radius 2 is 2.15 bits per heavy atom. The van der Waals surface area contributed by atoms with Gasteiger partial charge in [0.15, 0.2) is 0 Å². The van der Waals surface area contributed by atoms with E-state index in [-0.39, 0.29) is 12.0 Å². The Bertz CT molecular complexity index is 988. The zero-order chi connectivity index (χ0) is 19.0. The summed E-state index contributed by atoms with van der Waals surface area (Å²) < 4.78 is 16.3. The van der Waals surface area contributed by atoms with Gasteiger partial charge < -0.3 is 19.3 Å². The Kier molecular flexibility index (Phi) is 4.94. The summed E-state index contributed by atoms with van der Waals surface area (Å²) in [5.74, 6) is -0.200. The second-order valence-corrected chi connectivity index (χ2v) is 8.07. The molecule has 1 amide bonds. The predicted octanol–water partition coefficient (Wildman–Crippen LogP) is 3.02. The molecule has 4 rings (SSSR count). The van der Waals surface area contributed by atoms with Crippen LogP contribution in [-0.4, -0.2) is 48.5 Å². The second-order valence-electron chi connectivity index (χ2n) is 6.61. The smallest absolute Gasteiger partial charge is 0.259 e. The molecule has 1 aliphatic rings. The fourth-order valence-electron chi connectivity index (χ4n) is 3.25. The van der Waals surface area contributed by atoms with Crippen LogP contribution in [0.15, 0.2) is 16.7 Å². The number of thiophene rings is 1. The third kappa shape index (κ3) is 3.60. The maximum Gasteiger partial charge on any atom is 0.259 e. The average molecular weight is 387 g/mol. The van der Waals surface area contributed by atoms with Gasteiger partial charge in [-0.2, -0.15) is 0 Å². The van der Waals surface area contributed by atoms with Crippen LogP contribution in [-0.2, 0) is 9.47 Å². The first kappa shape index (κ1) is 18.1. The van der Waals surface area contributed by atoms with Crippen molar-refractivity contribution in [2.75, 3.05) is 26.4 Å². The predicted molar refractivity (Wildman–Crippen MR) is 102 cm³/mol. The topological polar surface area (TPSA) is 86.5 Å². The van der Waals surface area contributed by atoms with Crippen LogP contribution in [0.4, 0.5) is 0 Å². The summed E-state index contributed by atoms with van der Waals surface area (Å²) in [5, 5.41) is 7.57. The molecule has 1 aliphatic heterocycles. The van der Waals surface area contributed by atoms with Crippen LogP contribution >= 0.6 is 11.3 Å². The number of hydrogen-bond acceptors (Lipinski definition) is 7. The van der Waals surface area contributed by atoms with Crippen molar-refractivity contribution < 1.29 is 18.8 Å². The van der Waals surface area contributed by atoms with Gasteiger partial charge in [-0.15, -0.1) is 11.3 Å². The maximum atomic E-state index is 12.9. The molecule has 0 saturated carbocycles. The lowest BCUT2D eigenvalue weighted by molar-refractivity contribution is -0.0855. The van der Waals surface area contributed by atoms with E-state index >= 15 is 0 Å². The molecule has 1 N–H and O–H groups in total. The zero-order valence-electron chi connectivity index (χ0n) is 15.5. The fraction of sp³-hybridized carbons (Fsp3) is 0.421. The van der Waals surface area contributed by atoms with E-state index in [1.807, 2.05) is 19.9 Å². The van der Waals surface area contributed by atoms with Crippen molar-refractivity contribution >= 4 is 28.3 Å². The minimum Gasteiger partial charge on any atom is -0.376 e. The third-order valence-electron chi connectivity index (χ3n) is 4.55. The molecule has 4 heterocycles. The highest BCUT2D eigenvalue weighted by Crippen LogP contribution is 2.32. The summed E-state index contributed by atoms with van der Waals surface area (Å²) in [6.45, 7) is 7.92. The molecule has 8 heteroatoms. The lowest BCUT2D eigenvalue weighted by atomic mass is 10.1. The molecule has 1 fully saturated rings. The SMILES string of the molecule is Cc1cc(-c2cc(C(=O)NCC3COCCO3)c3c(C)noc3n2)c(C)s1. The molecule has 3 aromatic heterocycles. The number of nitrogens with zero attached hydrogens (tertiary/aromatic N) is 2. The summed E-state index contributed by atoms with van der Waals surface area (Å²) in [5.41, 5.74) is 3.24. The number of ether oxygens (including phenoxy) is 2. The van der Waals surface area contributed by atoms with E-state index in [4.69, 9.17) is 14.0 Å². The first-order chi connectivity index (χ1) is 13.0. The standard InChI is InChI=1S/C19H21N3O4S/c1-10-6-14(12(3)27-10)16-7-15(17-11(2)22-26-19(17)21-16)18(23)20-8-13-9-24-4-5-25-13/h6-7,13H,4-5,8-9H2,1-3H3,(H,20,23). The van der Waals surface area contributed by atoms with Gasteiger partial charge in [-0.25, -0.2) is 4.98 Å². The summed E-state index contributed by atoms with van der Waals surface area (Å²) in [7, 11) is 0. The van der Waals surface area contributed by atoms with Crippen LogP contribution in [0, 0.1) is 20.8 Å². The molecule has 142 valence electrons. The largest absolute Gasteiger partial charge is 0.376 e. The number of aromatic nitrogens is 2. The van der Waals surface area contributed by atoms with Gasteiger partial charge in [0.1, 0.15) is 0 Å². The molecule has 27 heavy (non-hydrogen) atoms. The van der Waals surface area contributed by atoms with Crippen LogP contribution in [0.25, 0.3) is 22.4 Å². The molecule has 0 radical (unpaired) electrons.